The zero-order valence-electron chi connectivity index (χ0n) is 17.1. The van der Waals surface area contributed by atoms with Crippen molar-refractivity contribution >= 4 is 44.2 Å². The van der Waals surface area contributed by atoms with E-state index in [4.69, 9.17) is 16.6 Å². The summed E-state index contributed by atoms with van der Waals surface area (Å²) in [5.41, 5.74) is 5.92. The standard InChI is InChI=1S/C24H22ClN3OS/c1-15-7-8-18(16(2)12-15)13-22(29)28(14-19-6-4-5-11-26-19)24-27-23-17(3)20(25)9-10-21(23)30-24/h4-12H,13-14H2,1-3H3. The molecule has 4 rings (SSSR count). The van der Waals surface area contributed by atoms with Gasteiger partial charge in [0, 0.05) is 11.2 Å². The molecule has 0 fully saturated rings. The van der Waals surface area contributed by atoms with Crippen molar-refractivity contribution in [2.75, 3.05) is 4.90 Å². The quantitative estimate of drug-likeness (QED) is 0.383. The van der Waals surface area contributed by atoms with Crippen molar-refractivity contribution in [3.05, 3.63) is 87.7 Å². The molecule has 0 atom stereocenters. The SMILES string of the molecule is Cc1ccc(CC(=O)N(Cc2ccccn2)c2nc3c(C)c(Cl)ccc3s2)c(C)c1. The molecule has 0 aliphatic carbocycles. The highest BCUT2D eigenvalue weighted by Crippen LogP contribution is 2.34. The van der Waals surface area contributed by atoms with Crippen LogP contribution >= 0.6 is 22.9 Å². The number of pyridine rings is 1. The van der Waals surface area contributed by atoms with Crippen LogP contribution in [0.15, 0.2) is 54.7 Å². The van der Waals surface area contributed by atoms with Crippen molar-refractivity contribution in [2.24, 2.45) is 0 Å². The first-order chi connectivity index (χ1) is 14.4. The Labute approximate surface area is 185 Å². The molecule has 0 bridgehead atoms. The molecular formula is C24H22ClN3OS. The van der Waals surface area contributed by atoms with Gasteiger partial charge in [-0.15, -0.1) is 0 Å². The maximum absolute atomic E-state index is 13.4. The molecule has 0 radical (unpaired) electrons. The van der Waals surface area contributed by atoms with Crippen molar-refractivity contribution in [1.82, 2.24) is 9.97 Å². The van der Waals surface area contributed by atoms with E-state index in [0.717, 1.165) is 32.6 Å². The lowest BCUT2D eigenvalue weighted by Crippen LogP contribution is -2.32. The Kier molecular flexibility index (Phi) is 5.84. The third-order valence-corrected chi connectivity index (χ3v) is 6.61. The van der Waals surface area contributed by atoms with Crippen LogP contribution in [0.4, 0.5) is 5.13 Å². The number of aryl methyl sites for hydroxylation is 3. The molecule has 0 unspecified atom stereocenters. The van der Waals surface area contributed by atoms with Gasteiger partial charge in [-0.25, -0.2) is 4.98 Å². The van der Waals surface area contributed by atoms with Gasteiger partial charge in [-0.2, -0.15) is 0 Å². The number of benzene rings is 2. The smallest absolute Gasteiger partial charge is 0.233 e. The number of carbonyl (C=O) groups excluding carboxylic acids is 1. The van der Waals surface area contributed by atoms with Crippen LogP contribution in [0, 0.1) is 20.8 Å². The maximum atomic E-state index is 13.4. The lowest BCUT2D eigenvalue weighted by atomic mass is 10.0. The number of thiazole rings is 1. The van der Waals surface area contributed by atoms with Crippen molar-refractivity contribution < 1.29 is 4.79 Å². The van der Waals surface area contributed by atoms with Crippen molar-refractivity contribution in [1.29, 1.82) is 0 Å². The first-order valence-electron chi connectivity index (χ1n) is 9.74. The average Bonchev–Trinajstić information content (AvgIpc) is 3.16. The van der Waals surface area contributed by atoms with Gasteiger partial charge in [-0.05, 0) is 61.7 Å². The zero-order chi connectivity index (χ0) is 21.3. The molecule has 4 nitrogen and oxygen atoms in total. The number of hydrogen-bond acceptors (Lipinski definition) is 4. The van der Waals surface area contributed by atoms with Gasteiger partial charge in [0.2, 0.25) is 5.91 Å². The highest BCUT2D eigenvalue weighted by molar-refractivity contribution is 7.22. The van der Waals surface area contributed by atoms with Gasteiger partial charge < -0.3 is 0 Å². The third-order valence-electron chi connectivity index (χ3n) is 5.15. The summed E-state index contributed by atoms with van der Waals surface area (Å²) in [6.45, 7) is 6.42. The van der Waals surface area contributed by atoms with Gasteiger partial charge in [0.25, 0.3) is 0 Å². The number of aromatic nitrogens is 2. The Morgan fingerprint density at radius 2 is 1.93 bits per heavy atom. The van der Waals surface area contributed by atoms with Crippen LogP contribution in [0.1, 0.15) is 27.9 Å². The normalized spacial score (nSPS) is 11.1. The highest BCUT2D eigenvalue weighted by atomic mass is 35.5. The van der Waals surface area contributed by atoms with E-state index in [-0.39, 0.29) is 5.91 Å². The van der Waals surface area contributed by atoms with Crippen LogP contribution in [0.25, 0.3) is 10.2 Å². The predicted molar refractivity (Wildman–Crippen MR) is 124 cm³/mol. The van der Waals surface area contributed by atoms with E-state index in [1.807, 2.05) is 56.3 Å². The molecule has 1 amide bonds. The molecule has 2 aromatic heterocycles. The third kappa shape index (κ3) is 4.23. The van der Waals surface area contributed by atoms with Crippen LogP contribution in [-0.4, -0.2) is 15.9 Å². The molecule has 2 aromatic carbocycles. The molecule has 0 aliphatic rings. The van der Waals surface area contributed by atoms with E-state index in [2.05, 4.69) is 18.0 Å². The van der Waals surface area contributed by atoms with Gasteiger partial charge in [-0.1, -0.05) is 52.8 Å². The number of hydrogen-bond donors (Lipinski definition) is 0. The van der Waals surface area contributed by atoms with E-state index >= 15 is 0 Å². The summed E-state index contributed by atoms with van der Waals surface area (Å²) < 4.78 is 1.01. The maximum Gasteiger partial charge on any atom is 0.233 e. The molecule has 30 heavy (non-hydrogen) atoms. The van der Waals surface area contributed by atoms with Gasteiger partial charge in [0.15, 0.2) is 5.13 Å². The number of anilines is 1. The number of nitrogens with zero attached hydrogens (tertiary/aromatic N) is 3. The van der Waals surface area contributed by atoms with Crippen molar-refractivity contribution in [3.63, 3.8) is 0 Å². The monoisotopic (exact) mass is 435 g/mol. The Balaban J connectivity index is 1.72. The molecule has 6 heteroatoms. The second kappa shape index (κ2) is 8.54. The first kappa shape index (κ1) is 20.5. The molecule has 0 saturated carbocycles. The van der Waals surface area contributed by atoms with Crippen LogP contribution in [0.5, 0.6) is 0 Å². The topological polar surface area (TPSA) is 46.1 Å². The lowest BCUT2D eigenvalue weighted by Gasteiger charge is -2.20. The van der Waals surface area contributed by atoms with Crippen LogP contribution < -0.4 is 4.90 Å². The summed E-state index contributed by atoms with van der Waals surface area (Å²) in [4.78, 5) is 24.3. The minimum absolute atomic E-state index is 0.00425. The van der Waals surface area contributed by atoms with Crippen LogP contribution in [-0.2, 0) is 17.8 Å². The van der Waals surface area contributed by atoms with E-state index in [0.29, 0.717) is 23.1 Å². The van der Waals surface area contributed by atoms with Crippen LogP contribution in [0.2, 0.25) is 5.02 Å². The average molecular weight is 436 g/mol. The molecular weight excluding hydrogens is 414 g/mol. The Morgan fingerprint density at radius 1 is 1.10 bits per heavy atom. The summed E-state index contributed by atoms with van der Waals surface area (Å²) in [6, 6.07) is 15.7. The number of halogens is 1. The predicted octanol–water partition coefficient (Wildman–Crippen LogP) is 6.05. The Bertz CT molecular complexity index is 1220. The molecule has 0 spiro atoms. The Hall–Kier alpha value is -2.76. The summed E-state index contributed by atoms with van der Waals surface area (Å²) in [5, 5.41) is 1.34. The van der Waals surface area contributed by atoms with E-state index < -0.39 is 0 Å². The van der Waals surface area contributed by atoms with Gasteiger partial charge >= 0.3 is 0 Å². The van der Waals surface area contributed by atoms with E-state index in [1.165, 1.54) is 16.9 Å². The number of fused-ring (bicyclic) bond motifs is 1. The fraction of sp³-hybridized carbons (Fsp3) is 0.208. The van der Waals surface area contributed by atoms with Gasteiger partial charge in [-0.3, -0.25) is 14.7 Å². The summed E-state index contributed by atoms with van der Waals surface area (Å²) in [7, 11) is 0. The number of rotatable bonds is 5. The minimum Gasteiger partial charge on any atom is -0.282 e. The lowest BCUT2D eigenvalue weighted by molar-refractivity contribution is -0.118. The molecule has 0 N–H and O–H groups in total. The van der Waals surface area contributed by atoms with Gasteiger partial charge in [0.1, 0.15) is 0 Å². The fourth-order valence-corrected chi connectivity index (χ4v) is 4.62. The number of amides is 1. The second-order valence-electron chi connectivity index (χ2n) is 7.42. The zero-order valence-corrected chi connectivity index (χ0v) is 18.7. The minimum atomic E-state index is -0.00425. The Morgan fingerprint density at radius 3 is 2.67 bits per heavy atom. The first-order valence-corrected chi connectivity index (χ1v) is 10.9. The second-order valence-corrected chi connectivity index (χ2v) is 8.84. The molecule has 4 aromatic rings. The largest absolute Gasteiger partial charge is 0.282 e. The fourth-order valence-electron chi connectivity index (χ4n) is 3.42. The summed E-state index contributed by atoms with van der Waals surface area (Å²) >= 11 is 7.78. The summed E-state index contributed by atoms with van der Waals surface area (Å²) in [6.07, 6.45) is 2.05. The van der Waals surface area contributed by atoms with Crippen LogP contribution in [0.3, 0.4) is 0 Å². The molecule has 0 aliphatic heterocycles. The molecule has 2 heterocycles. The number of carbonyl (C=O) groups is 1. The van der Waals surface area contributed by atoms with E-state index in [9.17, 15) is 4.79 Å². The molecule has 152 valence electrons. The van der Waals surface area contributed by atoms with Gasteiger partial charge in [0.05, 0.1) is 28.9 Å². The highest BCUT2D eigenvalue weighted by Gasteiger charge is 2.22. The van der Waals surface area contributed by atoms with E-state index in [1.54, 1.807) is 11.1 Å². The van der Waals surface area contributed by atoms with Crippen molar-refractivity contribution in [3.8, 4) is 0 Å². The van der Waals surface area contributed by atoms with Crippen molar-refractivity contribution in [2.45, 2.75) is 33.7 Å². The molecule has 0 saturated heterocycles. The summed E-state index contributed by atoms with van der Waals surface area (Å²) in [5.74, 6) is -0.00425.